The van der Waals surface area contributed by atoms with Crippen molar-refractivity contribution in [3.05, 3.63) is 105 Å². The lowest BCUT2D eigenvalue weighted by Gasteiger charge is -2.40. The molecule has 3 aromatic carbocycles. The minimum absolute atomic E-state index is 0.0296. The smallest absolute Gasteiger partial charge is 0.176 e. The van der Waals surface area contributed by atoms with E-state index in [1.165, 1.54) is 54.5 Å². The third-order valence-electron chi connectivity index (χ3n) is 9.30. The van der Waals surface area contributed by atoms with Crippen LogP contribution in [0.1, 0.15) is 91.5 Å². The summed E-state index contributed by atoms with van der Waals surface area (Å²) < 4.78 is 5.88. The van der Waals surface area contributed by atoms with Crippen molar-refractivity contribution in [1.29, 1.82) is 0 Å². The van der Waals surface area contributed by atoms with Gasteiger partial charge in [-0.3, -0.25) is 0 Å². The van der Waals surface area contributed by atoms with Gasteiger partial charge in [0, 0.05) is 0 Å². The van der Waals surface area contributed by atoms with Crippen LogP contribution in [-0.4, -0.2) is 15.2 Å². The zero-order valence-corrected chi connectivity index (χ0v) is 28.3. The molecule has 2 unspecified atom stereocenters. The van der Waals surface area contributed by atoms with Gasteiger partial charge in [-0.25, -0.2) is 0 Å². The number of allylic oxidation sites excluding steroid dienone is 4. The van der Waals surface area contributed by atoms with E-state index in [9.17, 15) is 0 Å². The molecule has 0 bridgehead atoms. The van der Waals surface area contributed by atoms with E-state index in [1.807, 2.05) is 0 Å². The molecule has 0 saturated carbocycles. The lowest BCUT2D eigenvalue weighted by Crippen LogP contribution is -2.70. The second kappa shape index (κ2) is 10.5. The van der Waals surface area contributed by atoms with E-state index in [0.29, 0.717) is 5.92 Å². The molecule has 2 atom stereocenters. The topological polar surface area (TPSA) is 9.23 Å². The molecule has 0 amide bonds. The summed E-state index contributed by atoms with van der Waals surface area (Å²) in [7, 11) is -0.986. The monoisotopic (exact) mass is 550 g/mol. The standard InChI is InChI=1S/C38H50OSi/c1-24-17-25(2)19-34(18-24)40(33-16-14-15-32(23-33)39-13,36-28(5)26(3)27(4)29(36)6)35-21-30(37(7,8)9)20-31(22-35)38(10,11)12/h14-23,28H,1-13H3. The third kappa shape index (κ3) is 5.16. The summed E-state index contributed by atoms with van der Waals surface area (Å²) in [6.45, 7) is 28.1. The molecule has 0 aliphatic heterocycles. The van der Waals surface area contributed by atoms with Gasteiger partial charge in [-0.15, -0.1) is 0 Å². The first-order chi connectivity index (χ1) is 18.5. The predicted octanol–water partition coefficient (Wildman–Crippen LogP) is 8.22. The second-order valence-corrected chi connectivity index (χ2v) is 18.0. The van der Waals surface area contributed by atoms with E-state index < -0.39 is 8.07 Å². The summed E-state index contributed by atoms with van der Waals surface area (Å²) in [5, 5.41) is 5.96. The minimum Gasteiger partial charge on any atom is -0.497 e. The van der Waals surface area contributed by atoms with Crippen LogP contribution in [0.2, 0.25) is 0 Å². The van der Waals surface area contributed by atoms with E-state index in [-0.39, 0.29) is 10.8 Å². The van der Waals surface area contributed by atoms with Gasteiger partial charge in [0.05, 0.1) is 7.11 Å². The molecular formula is C38H50OSi. The Hall–Kier alpha value is -2.84. The van der Waals surface area contributed by atoms with Crippen LogP contribution >= 0.6 is 0 Å². The molecule has 0 heterocycles. The maximum absolute atomic E-state index is 5.88. The van der Waals surface area contributed by atoms with Gasteiger partial charge in [-0.05, 0) is 95.8 Å². The van der Waals surface area contributed by atoms with Crippen molar-refractivity contribution in [1.82, 2.24) is 0 Å². The van der Waals surface area contributed by atoms with Crippen molar-refractivity contribution in [3.63, 3.8) is 0 Å². The molecule has 0 fully saturated rings. The lowest BCUT2D eigenvalue weighted by molar-refractivity contribution is 0.415. The van der Waals surface area contributed by atoms with Crippen molar-refractivity contribution in [2.24, 2.45) is 5.92 Å². The Morgan fingerprint density at radius 2 is 1.15 bits per heavy atom. The van der Waals surface area contributed by atoms with Gasteiger partial charge in [0.15, 0.2) is 8.07 Å². The van der Waals surface area contributed by atoms with E-state index in [0.717, 1.165) is 5.75 Å². The van der Waals surface area contributed by atoms with Crippen molar-refractivity contribution >= 4 is 23.6 Å². The number of benzene rings is 3. The van der Waals surface area contributed by atoms with E-state index in [2.05, 4.69) is 144 Å². The summed E-state index contributed by atoms with van der Waals surface area (Å²) in [5.41, 5.74) is 9.94. The third-order valence-corrected chi connectivity index (χ3v) is 14.4. The second-order valence-electron chi connectivity index (χ2n) is 14.2. The van der Waals surface area contributed by atoms with E-state index >= 15 is 0 Å². The zero-order chi connectivity index (χ0) is 29.8. The van der Waals surface area contributed by atoms with Gasteiger partial charge in [0.25, 0.3) is 0 Å². The highest BCUT2D eigenvalue weighted by Gasteiger charge is 2.49. The number of hydrogen-bond acceptors (Lipinski definition) is 1. The van der Waals surface area contributed by atoms with Gasteiger partial charge in [-0.1, -0.05) is 124 Å². The molecule has 0 spiro atoms. The molecule has 40 heavy (non-hydrogen) atoms. The quantitative estimate of drug-likeness (QED) is 0.230. The first-order valence-corrected chi connectivity index (χ1v) is 16.8. The number of aryl methyl sites for hydroxylation is 2. The molecule has 0 N–H and O–H groups in total. The van der Waals surface area contributed by atoms with Crippen LogP contribution in [0, 0.1) is 19.8 Å². The maximum Gasteiger partial charge on any atom is 0.176 e. The predicted molar refractivity (Wildman–Crippen MR) is 178 cm³/mol. The van der Waals surface area contributed by atoms with Crippen LogP contribution in [0.15, 0.2) is 82.6 Å². The molecule has 1 aliphatic carbocycles. The average molecular weight is 551 g/mol. The summed E-state index contributed by atoms with van der Waals surface area (Å²) in [4.78, 5) is 0. The number of ether oxygens (including phenoxy) is 1. The van der Waals surface area contributed by atoms with Crippen LogP contribution in [0.3, 0.4) is 0 Å². The van der Waals surface area contributed by atoms with Gasteiger partial charge in [0.2, 0.25) is 0 Å². The van der Waals surface area contributed by atoms with E-state index in [1.54, 1.807) is 12.3 Å². The molecule has 3 aromatic rings. The number of hydrogen-bond donors (Lipinski definition) is 0. The van der Waals surface area contributed by atoms with Crippen molar-refractivity contribution < 1.29 is 4.74 Å². The fourth-order valence-electron chi connectivity index (χ4n) is 6.69. The number of rotatable bonds is 5. The fraction of sp³-hybridized carbons (Fsp3) is 0.421. The van der Waals surface area contributed by atoms with Gasteiger partial charge >= 0.3 is 0 Å². The SMILES string of the molecule is COc1cccc([Si](C2=C(C)C(C)=C(C)C2C)(c2cc(C)cc(C)c2)c2cc(C(C)(C)C)cc(C(C)(C)C)c2)c1. The molecule has 4 rings (SSSR count). The van der Waals surface area contributed by atoms with Gasteiger partial charge in [0.1, 0.15) is 5.75 Å². The zero-order valence-electron chi connectivity index (χ0n) is 27.3. The molecule has 1 nitrogen and oxygen atoms in total. The summed E-state index contributed by atoms with van der Waals surface area (Å²) >= 11 is 0. The first-order valence-electron chi connectivity index (χ1n) is 14.8. The van der Waals surface area contributed by atoms with Crippen LogP contribution in [0.4, 0.5) is 0 Å². The Morgan fingerprint density at radius 3 is 1.60 bits per heavy atom. The Bertz CT molecular complexity index is 1450. The highest BCUT2D eigenvalue weighted by atomic mass is 28.3. The van der Waals surface area contributed by atoms with Crippen molar-refractivity contribution in [2.75, 3.05) is 7.11 Å². The Kier molecular flexibility index (Phi) is 7.93. The van der Waals surface area contributed by atoms with Crippen LogP contribution < -0.4 is 20.3 Å². The molecule has 212 valence electrons. The summed E-state index contributed by atoms with van der Waals surface area (Å²) in [6, 6.07) is 23.9. The van der Waals surface area contributed by atoms with Crippen molar-refractivity contribution in [2.45, 2.75) is 93.9 Å². The van der Waals surface area contributed by atoms with Crippen LogP contribution in [0.25, 0.3) is 0 Å². The van der Waals surface area contributed by atoms with Gasteiger partial charge < -0.3 is 4.74 Å². The van der Waals surface area contributed by atoms with Crippen molar-refractivity contribution in [3.8, 4) is 5.75 Å². The largest absolute Gasteiger partial charge is 0.497 e. The van der Waals surface area contributed by atoms with Crippen LogP contribution in [-0.2, 0) is 10.8 Å². The first kappa shape index (κ1) is 30.1. The average Bonchev–Trinajstić information content (AvgIpc) is 3.06. The molecule has 2 heteroatoms. The molecule has 0 aromatic heterocycles. The van der Waals surface area contributed by atoms with Gasteiger partial charge in [-0.2, -0.15) is 0 Å². The fourth-order valence-corrected chi connectivity index (χ4v) is 12.6. The molecule has 0 saturated heterocycles. The normalized spacial score (nSPS) is 17.9. The Morgan fingerprint density at radius 1 is 0.625 bits per heavy atom. The highest BCUT2D eigenvalue weighted by Crippen LogP contribution is 2.42. The molecular weight excluding hydrogens is 501 g/mol. The maximum atomic E-state index is 5.88. The lowest BCUT2D eigenvalue weighted by atomic mass is 9.81. The molecule has 1 aliphatic rings. The summed E-state index contributed by atoms with van der Waals surface area (Å²) in [6.07, 6.45) is 0. The van der Waals surface area contributed by atoms with Crippen LogP contribution in [0.5, 0.6) is 5.75 Å². The molecule has 0 radical (unpaired) electrons. The summed E-state index contributed by atoms with van der Waals surface area (Å²) in [5.74, 6) is 1.29. The highest BCUT2D eigenvalue weighted by molar-refractivity contribution is 7.16. The minimum atomic E-state index is -2.77. The number of methoxy groups -OCH3 is 1. The Balaban J connectivity index is 2.32. The van der Waals surface area contributed by atoms with E-state index in [4.69, 9.17) is 4.74 Å². The Labute approximate surface area is 245 Å².